The summed E-state index contributed by atoms with van der Waals surface area (Å²) in [5.74, 6) is 0. The molecule has 0 saturated carbocycles. The van der Waals surface area contributed by atoms with E-state index in [-0.39, 0.29) is 6.03 Å². The molecule has 3 rings (SSSR count). The van der Waals surface area contributed by atoms with Gasteiger partial charge in [0.2, 0.25) is 0 Å². The number of nitrogens with zero attached hydrogens (tertiary/aromatic N) is 1. The minimum Gasteiger partial charge on any atom is -0.399 e. The van der Waals surface area contributed by atoms with Crippen molar-refractivity contribution in [2.45, 2.75) is 0 Å². The zero-order chi connectivity index (χ0) is 16.1. The first-order chi connectivity index (χ1) is 11.2. The van der Waals surface area contributed by atoms with Crippen LogP contribution in [0, 0.1) is 0 Å². The number of para-hydroxylation sites is 2. The molecular weight excluding hydrogens is 286 g/mol. The second-order valence-corrected chi connectivity index (χ2v) is 5.06. The Bertz CT molecular complexity index is 731. The third kappa shape index (κ3) is 3.49. The van der Waals surface area contributed by atoms with Gasteiger partial charge in [-0.1, -0.05) is 36.4 Å². The molecule has 0 heterocycles. The summed E-state index contributed by atoms with van der Waals surface area (Å²) in [7, 11) is 0. The molecule has 0 radical (unpaired) electrons. The predicted octanol–water partition coefficient (Wildman–Crippen LogP) is 4.64. The summed E-state index contributed by atoms with van der Waals surface area (Å²) in [6, 6.07) is 25.9. The standard InChI is InChI=1S/C19H17N3O/c20-15-11-13-16(14-12-15)21-19(23)22(17-7-3-1-4-8-17)18-9-5-2-6-10-18/h1-14H,20H2,(H,21,23). The summed E-state index contributed by atoms with van der Waals surface area (Å²) in [5, 5.41) is 2.90. The smallest absolute Gasteiger partial charge is 0.330 e. The first kappa shape index (κ1) is 14.7. The molecule has 0 spiro atoms. The molecule has 3 aromatic rings. The van der Waals surface area contributed by atoms with Crippen molar-refractivity contribution in [3.05, 3.63) is 84.9 Å². The lowest BCUT2D eigenvalue weighted by Crippen LogP contribution is -2.30. The molecule has 0 unspecified atom stereocenters. The zero-order valence-electron chi connectivity index (χ0n) is 12.5. The van der Waals surface area contributed by atoms with Crippen LogP contribution in [0.1, 0.15) is 0 Å². The van der Waals surface area contributed by atoms with E-state index >= 15 is 0 Å². The molecule has 0 aliphatic carbocycles. The first-order valence-corrected chi connectivity index (χ1v) is 7.31. The first-order valence-electron chi connectivity index (χ1n) is 7.31. The highest BCUT2D eigenvalue weighted by Gasteiger charge is 2.17. The number of anilines is 4. The average Bonchev–Trinajstić information content (AvgIpc) is 2.59. The number of benzene rings is 3. The molecule has 23 heavy (non-hydrogen) atoms. The van der Waals surface area contributed by atoms with Gasteiger partial charge in [0.05, 0.1) is 11.4 Å². The molecule has 3 N–H and O–H groups in total. The van der Waals surface area contributed by atoms with Crippen LogP contribution in [0.4, 0.5) is 27.5 Å². The fourth-order valence-electron chi connectivity index (χ4n) is 2.28. The Morgan fingerprint density at radius 1 is 0.739 bits per heavy atom. The maximum absolute atomic E-state index is 12.8. The van der Waals surface area contributed by atoms with E-state index in [9.17, 15) is 4.79 Å². The molecule has 2 amide bonds. The second-order valence-electron chi connectivity index (χ2n) is 5.06. The van der Waals surface area contributed by atoms with Gasteiger partial charge in [0.1, 0.15) is 0 Å². The van der Waals surface area contributed by atoms with Crippen molar-refractivity contribution in [3.63, 3.8) is 0 Å². The molecular formula is C19H17N3O. The molecule has 114 valence electrons. The van der Waals surface area contributed by atoms with Gasteiger partial charge in [0, 0.05) is 11.4 Å². The largest absolute Gasteiger partial charge is 0.399 e. The lowest BCUT2D eigenvalue weighted by Gasteiger charge is -2.23. The number of hydrogen-bond acceptors (Lipinski definition) is 2. The van der Waals surface area contributed by atoms with Crippen LogP contribution in [0.25, 0.3) is 0 Å². The quantitative estimate of drug-likeness (QED) is 0.692. The number of nitrogens with one attached hydrogen (secondary N) is 1. The third-order valence-electron chi connectivity index (χ3n) is 3.39. The molecule has 0 aromatic heterocycles. The van der Waals surface area contributed by atoms with Crippen LogP contribution in [-0.2, 0) is 0 Å². The number of carbonyl (C=O) groups excluding carboxylic acids is 1. The SMILES string of the molecule is Nc1ccc(NC(=O)N(c2ccccc2)c2ccccc2)cc1. The fraction of sp³-hybridized carbons (Fsp3) is 0. The van der Waals surface area contributed by atoms with Crippen LogP contribution in [0.2, 0.25) is 0 Å². The lowest BCUT2D eigenvalue weighted by molar-refractivity contribution is 0.259. The molecule has 0 aliphatic heterocycles. The van der Waals surface area contributed by atoms with Gasteiger partial charge in [-0.3, -0.25) is 4.90 Å². The Kier molecular flexibility index (Phi) is 4.25. The number of hydrogen-bond donors (Lipinski definition) is 2. The van der Waals surface area contributed by atoms with E-state index in [1.165, 1.54) is 0 Å². The van der Waals surface area contributed by atoms with Gasteiger partial charge in [-0.05, 0) is 48.5 Å². The maximum atomic E-state index is 12.8. The van der Waals surface area contributed by atoms with E-state index in [1.807, 2.05) is 60.7 Å². The van der Waals surface area contributed by atoms with Gasteiger partial charge >= 0.3 is 6.03 Å². The van der Waals surface area contributed by atoms with Gasteiger partial charge in [-0.2, -0.15) is 0 Å². The lowest BCUT2D eigenvalue weighted by atomic mass is 10.2. The molecule has 0 fully saturated rings. The van der Waals surface area contributed by atoms with Crippen LogP contribution in [0.3, 0.4) is 0 Å². The van der Waals surface area contributed by atoms with Crippen molar-refractivity contribution in [3.8, 4) is 0 Å². The van der Waals surface area contributed by atoms with Gasteiger partial charge in [0.15, 0.2) is 0 Å². The summed E-state index contributed by atoms with van der Waals surface area (Å²) in [6.07, 6.45) is 0. The summed E-state index contributed by atoms with van der Waals surface area (Å²) in [5.41, 5.74) is 8.63. The van der Waals surface area contributed by atoms with Crippen molar-refractivity contribution in [2.75, 3.05) is 16.0 Å². The van der Waals surface area contributed by atoms with E-state index < -0.39 is 0 Å². The third-order valence-corrected chi connectivity index (χ3v) is 3.39. The van der Waals surface area contributed by atoms with E-state index in [2.05, 4.69) is 5.32 Å². The Morgan fingerprint density at radius 3 is 1.70 bits per heavy atom. The average molecular weight is 303 g/mol. The second kappa shape index (κ2) is 6.66. The van der Waals surface area contributed by atoms with Crippen LogP contribution in [0.15, 0.2) is 84.9 Å². The van der Waals surface area contributed by atoms with Crippen LogP contribution in [0.5, 0.6) is 0 Å². The Hall–Kier alpha value is -3.27. The molecule has 3 aromatic carbocycles. The molecule has 0 aliphatic rings. The van der Waals surface area contributed by atoms with Crippen molar-refractivity contribution in [2.24, 2.45) is 0 Å². The highest BCUT2D eigenvalue weighted by atomic mass is 16.2. The predicted molar refractivity (Wildman–Crippen MR) is 94.9 cm³/mol. The van der Waals surface area contributed by atoms with Crippen LogP contribution < -0.4 is 16.0 Å². The highest BCUT2D eigenvalue weighted by Crippen LogP contribution is 2.26. The summed E-state index contributed by atoms with van der Waals surface area (Å²) < 4.78 is 0. The normalized spacial score (nSPS) is 10.1. The van der Waals surface area contributed by atoms with E-state index in [4.69, 9.17) is 5.73 Å². The monoisotopic (exact) mass is 303 g/mol. The number of nitrogen functional groups attached to an aromatic ring is 1. The summed E-state index contributed by atoms with van der Waals surface area (Å²) >= 11 is 0. The number of amides is 2. The number of carbonyl (C=O) groups is 1. The summed E-state index contributed by atoms with van der Waals surface area (Å²) in [6.45, 7) is 0. The molecule has 0 atom stereocenters. The van der Waals surface area contributed by atoms with E-state index in [0.717, 1.165) is 11.4 Å². The van der Waals surface area contributed by atoms with Gasteiger partial charge in [-0.15, -0.1) is 0 Å². The zero-order valence-corrected chi connectivity index (χ0v) is 12.5. The van der Waals surface area contributed by atoms with Gasteiger partial charge < -0.3 is 11.1 Å². The topological polar surface area (TPSA) is 58.4 Å². The van der Waals surface area contributed by atoms with Crippen molar-refractivity contribution < 1.29 is 4.79 Å². The molecule has 4 heteroatoms. The van der Waals surface area contributed by atoms with Gasteiger partial charge in [-0.25, -0.2) is 4.79 Å². The van der Waals surface area contributed by atoms with Crippen LogP contribution >= 0.6 is 0 Å². The Labute approximate surface area is 135 Å². The number of rotatable bonds is 3. The van der Waals surface area contributed by atoms with E-state index in [1.54, 1.807) is 29.2 Å². The van der Waals surface area contributed by atoms with E-state index in [0.29, 0.717) is 11.4 Å². The maximum Gasteiger partial charge on any atom is 0.330 e. The van der Waals surface area contributed by atoms with Crippen LogP contribution in [-0.4, -0.2) is 6.03 Å². The van der Waals surface area contributed by atoms with Crippen molar-refractivity contribution in [1.29, 1.82) is 0 Å². The summed E-state index contributed by atoms with van der Waals surface area (Å²) in [4.78, 5) is 14.4. The molecule has 4 nitrogen and oxygen atoms in total. The Morgan fingerprint density at radius 2 is 1.22 bits per heavy atom. The molecule has 0 saturated heterocycles. The fourth-order valence-corrected chi connectivity index (χ4v) is 2.28. The van der Waals surface area contributed by atoms with Gasteiger partial charge in [0.25, 0.3) is 0 Å². The Balaban J connectivity index is 1.92. The minimum absolute atomic E-state index is 0.229. The number of nitrogens with two attached hydrogens (primary N) is 1. The number of urea groups is 1. The van der Waals surface area contributed by atoms with Crippen molar-refractivity contribution >= 4 is 28.8 Å². The minimum atomic E-state index is -0.229. The molecule has 0 bridgehead atoms. The van der Waals surface area contributed by atoms with Crippen molar-refractivity contribution in [1.82, 2.24) is 0 Å². The highest BCUT2D eigenvalue weighted by molar-refractivity contribution is 6.07.